The van der Waals surface area contributed by atoms with Crippen molar-refractivity contribution in [2.24, 2.45) is 0 Å². The number of hydrogen-bond acceptors (Lipinski definition) is 3. The van der Waals surface area contributed by atoms with Gasteiger partial charge in [0.2, 0.25) is 5.91 Å². The molecule has 0 atom stereocenters. The van der Waals surface area contributed by atoms with Crippen molar-refractivity contribution in [3.8, 4) is 0 Å². The highest BCUT2D eigenvalue weighted by molar-refractivity contribution is 6.08. The lowest BCUT2D eigenvalue weighted by molar-refractivity contribution is -0.120. The van der Waals surface area contributed by atoms with E-state index >= 15 is 0 Å². The summed E-state index contributed by atoms with van der Waals surface area (Å²) in [4.78, 5) is 38.5. The summed E-state index contributed by atoms with van der Waals surface area (Å²) >= 11 is 0. The number of fused-ring (bicyclic) bond motifs is 1. The zero-order valence-electron chi connectivity index (χ0n) is 19.1. The first-order chi connectivity index (χ1) is 15.2. The Kier molecular flexibility index (Phi) is 7.29. The van der Waals surface area contributed by atoms with Gasteiger partial charge in [-0.3, -0.25) is 9.59 Å². The molecule has 0 aromatic heterocycles. The Labute approximate surface area is 189 Å². The number of nitrogens with zero attached hydrogens (tertiary/aromatic N) is 1. The molecule has 168 valence electrons. The minimum Gasteiger partial charge on any atom is -0.478 e. The molecule has 0 fully saturated rings. The van der Waals surface area contributed by atoms with Gasteiger partial charge in [-0.2, -0.15) is 0 Å². The second-order valence-electron chi connectivity index (χ2n) is 9.02. The third-order valence-electron chi connectivity index (χ3n) is 6.02. The van der Waals surface area contributed by atoms with E-state index < -0.39 is 5.97 Å². The van der Waals surface area contributed by atoms with Gasteiger partial charge in [-0.15, -0.1) is 0 Å². The lowest BCUT2D eigenvalue weighted by Gasteiger charge is -2.39. The number of benzene rings is 2. The van der Waals surface area contributed by atoms with E-state index in [4.69, 9.17) is 5.11 Å². The number of carbonyl (C=O) groups is 3. The maximum atomic E-state index is 12.8. The standard InChI is InChI=1S/C27H31NO4/c1-4-5-6-7-16-28-23-14-13-21(17-22(23)27(2,3)18-25(28)30)24(29)15-10-19-8-11-20(12-9-19)26(31)32/h8-15,17H,4-7,16,18H2,1-3H3,(H,31,32). The van der Waals surface area contributed by atoms with Crippen LogP contribution in [-0.2, 0) is 10.2 Å². The van der Waals surface area contributed by atoms with Crippen molar-refractivity contribution in [3.05, 3.63) is 70.8 Å². The molecule has 2 aromatic rings. The van der Waals surface area contributed by atoms with Crippen LogP contribution in [0.5, 0.6) is 0 Å². The summed E-state index contributed by atoms with van der Waals surface area (Å²) in [6.45, 7) is 6.97. The monoisotopic (exact) mass is 433 g/mol. The highest BCUT2D eigenvalue weighted by Crippen LogP contribution is 2.41. The van der Waals surface area contributed by atoms with Crippen LogP contribution in [0.15, 0.2) is 48.5 Å². The molecule has 5 nitrogen and oxygen atoms in total. The smallest absolute Gasteiger partial charge is 0.335 e. The zero-order chi connectivity index (χ0) is 23.3. The molecule has 0 aliphatic carbocycles. The molecule has 0 saturated carbocycles. The number of anilines is 1. The van der Waals surface area contributed by atoms with Gasteiger partial charge in [-0.25, -0.2) is 4.79 Å². The van der Waals surface area contributed by atoms with Gasteiger partial charge in [-0.1, -0.05) is 58.2 Å². The average Bonchev–Trinajstić information content (AvgIpc) is 2.76. The van der Waals surface area contributed by atoms with Crippen molar-refractivity contribution >= 4 is 29.4 Å². The van der Waals surface area contributed by atoms with Crippen LogP contribution < -0.4 is 4.90 Å². The van der Waals surface area contributed by atoms with Crippen molar-refractivity contribution in [2.75, 3.05) is 11.4 Å². The Morgan fingerprint density at radius 2 is 1.72 bits per heavy atom. The summed E-state index contributed by atoms with van der Waals surface area (Å²) in [6, 6.07) is 12.0. The highest BCUT2D eigenvalue weighted by Gasteiger charge is 2.36. The first kappa shape index (κ1) is 23.5. The number of carboxylic acids is 1. The van der Waals surface area contributed by atoms with E-state index in [0.29, 0.717) is 18.5 Å². The molecule has 0 unspecified atom stereocenters. The summed E-state index contributed by atoms with van der Waals surface area (Å²) in [5.74, 6) is -0.966. The summed E-state index contributed by atoms with van der Waals surface area (Å²) in [6.07, 6.45) is 8.01. The maximum absolute atomic E-state index is 12.8. The van der Waals surface area contributed by atoms with Crippen LogP contribution in [0.2, 0.25) is 0 Å². The Hall–Kier alpha value is -3.21. The second kappa shape index (κ2) is 9.94. The zero-order valence-corrected chi connectivity index (χ0v) is 19.1. The van der Waals surface area contributed by atoms with Crippen molar-refractivity contribution in [3.63, 3.8) is 0 Å². The van der Waals surface area contributed by atoms with E-state index in [1.165, 1.54) is 24.6 Å². The van der Waals surface area contributed by atoms with Crippen LogP contribution in [0.25, 0.3) is 6.08 Å². The molecule has 0 saturated heterocycles. The Morgan fingerprint density at radius 3 is 2.38 bits per heavy atom. The summed E-state index contributed by atoms with van der Waals surface area (Å²) in [5.41, 5.74) is 3.14. The SMILES string of the molecule is CCCCCCN1C(=O)CC(C)(C)c2cc(C(=O)C=Cc3ccc(C(=O)O)cc3)ccc21. The largest absolute Gasteiger partial charge is 0.478 e. The molecule has 1 heterocycles. The van der Waals surface area contributed by atoms with Gasteiger partial charge in [0.05, 0.1) is 5.56 Å². The van der Waals surface area contributed by atoms with Crippen LogP contribution in [0.4, 0.5) is 5.69 Å². The molecule has 0 radical (unpaired) electrons. The van der Waals surface area contributed by atoms with Crippen LogP contribution in [0, 0.1) is 0 Å². The van der Waals surface area contributed by atoms with E-state index in [2.05, 4.69) is 6.92 Å². The molecule has 1 amide bonds. The van der Waals surface area contributed by atoms with Gasteiger partial charge in [0.1, 0.15) is 0 Å². The number of unbranched alkanes of at least 4 members (excludes halogenated alkanes) is 3. The predicted molar refractivity (Wildman–Crippen MR) is 127 cm³/mol. The van der Waals surface area contributed by atoms with Gasteiger partial charge in [0.15, 0.2) is 5.78 Å². The number of amides is 1. The van der Waals surface area contributed by atoms with Crippen LogP contribution in [0.3, 0.4) is 0 Å². The fraction of sp³-hybridized carbons (Fsp3) is 0.370. The normalized spacial score (nSPS) is 15.1. The molecule has 3 rings (SSSR count). The van der Waals surface area contributed by atoms with Gasteiger partial charge in [-0.05, 0) is 54.0 Å². The highest BCUT2D eigenvalue weighted by atomic mass is 16.4. The number of allylic oxidation sites excluding steroid dienone is 1. The summed E-state index contributed by atoms with van der Waals surface area (Å²) < 4.78 is 0. The molecular formula is C27H31NO4. The molecule has 32 heavy (non-hydrogen) atoms. The van der Waals surface area contributed by atoms with Crippen molar-refractivity contribution in [2.45, 2.75) is 58.3 Å². The van der Waals surface area contributed by atoms with Gasteiger partial charge in [0, 0.05) is 29.6 Å². The third kappa shape index (κ3) is 5.34. The molecule has 1 aliphatic rings. The number of hydrogen-bond donors (Lipinski definition) is 1. The Morgan fingerprint density at radius 1 is 1.03 bits per heavy atom. The average molecular weight is 434 g/mol. The maximum Gasteiger partial charge on any atom is 0.335 e. The first-order valence-electron chi connectivity index (χ1n) is 11.2. The molecular weight excluding hydrogens is 402 g/mol. The summed E-state index contributed by atoms with van der Waals surface area (Å²) in [5, 5.41) is 8.99. The molecule has 1 N–H and O–H groups in total. The van der Waals surface area contributed by atoms with Gasteiger partial charge < -0.3 is 10.0 Å². The fourth-order valence-electron chi connectivity index (χ4n) is 4.12. The lowest BCUT2D eigenvalue weighted by atomic mass is 9.76. The predicted octanol–water partition coefficient (Wildman–Crippen LogP) is 5.88. The number of ketones is 1. The lowest BCUT2D eigenvalue weighted by Crippen LogP contribution is -2.42. The van der Waals surface area contributed by atoms with E-state index in [9.17, 15) is 14.4 Å². The van der Waals surface area contributed by atoms with Crippen LogP contribution in [-0.4, -0.2) is 29.3 Å². The Bertz CT molecular complexity index is 1030. The van der Waals surface area contributed by atoms with Crippen LogP contribution in [0.1, 0.15) is 84.7 Å². The molecule has 2 aromatic carbocycles. The van der Waals surface area contributed by atoms with Crippen molar-refractivity contribution in [1.29, 1.82) is 0 Å². The van der Waals surface area contributed by atoms with Crippen molar-refractivity contribution in [1.82, 2.24) is 0 Å². The topological polar surface area (TPSA) is 74.7 Å². The molecule has 0 bridgehead atoms. The minimum absolute atomic E-state index is 0.127. The molecule has 5 heteroatoms. The van der Waals surface area contributed by atoms with E-state index in [-0.39, 0.29) is 22.7 Å². The van der Waals surface area contributed by atoms with Crippen LogP contribution >= 0.6 is 0 Å². The first-order valence-corrected chi connectivity index (χ1v) is 11.2. The third-order valence-corrected chi connectivity index (χ3v) is 6.02. The van der Waals surface area contributed by atoms with E-state index in [0.717, 1.165) is 36.1 Å². The Balaban J connectivity index is 1.81. The van der Waals surface area contributed by atoms with Gasteiger partial charge in [0.25, 0.3) is 0 Å². The number of carboxylic acid groups (broad SMARTS) is 1. The second-order valence-corrected chi connectivity index (χ2v) is 9.02. The van der Waals surface area contributed by atoms with Crippen molar-refractivity contribution < 1.29 is 19.5 Å². The number of rotatable bonds is 9. The quantitative estimate of drug-likeness (QED) is 0.305. The van der Waals surface area contributed by atoms with E-state index in [1.54, 1.807) is 24.3 Å². The minimum atomic E-state index is -0.980. The summed E-state index contributed by atoms with van der Waals surface area (Å²) in [7, 11) is 0. The fourth-order valence-corrected chi connectivity index (χ4v) is 4.12. The molecule has 0 spiro atoms. The van der Waals surface area contributed by atoms with E-state index in [1.807, 2.05) is 30.9 Å². The molecule has 1 aliphatic heterocycles. The number of aromatic carboxylic acids is 1. The number of carbonyl (C=O) groups excluding carboxylic acids is 2. The van der Waals surface area contributed by atoms with Gasteiger partial charge >= 0.3 is 5.97 Å².